The third-order valence-electron chi connectivity index (χ3n) is 2.76. The van der Waals surface area contributed by atoms with Crippen LogP contribution in [0.4, 0.5) is 13.2 Å². The summed E-state index contributed by atoms with van der Waals surface area (Å²) in [5.74, 6) is -1.14. The molecule has 3 nitrogen and oxygen atoms in total. The number of alkyl halides is 3. The van der Waals surface area contributed by atoms with Crippen molar-refractivity contribution in [1.82, 2.24) is 0 Å². The summed E-state index contributed by atoms with van der Waals surface area (Å²) in [7, 11) is 0. The van der Waals surface area contributed by atoms with Crippen molar-refractivity contribution >= 4 is 11.8 Å². The summed E-state index contributed by atoms with van der Waals surface area (Å²) >= 11 is 0. The molecule has 1 heterocycles. The number of carbonyl (C=O) groups excluding carboxylic acids is 2. The van der Waals surface area contributed by atoms with Crippen LogP contribution in [0.15, 0.2) is 18.2 Å². The lowest BCUT2D eigenvalue weighted by Gasteiger charge is -2.23. The zero-order valence-electron chi connectivity index (χ0n) is 9.38. The monoisotopic (exact) mass is 258 g/mol. The van der Waals surface area contributed by atoms with Crippen LogP contribution in [0.3, 0.4) is 0 Å². The van der Waals surface area contributed by atoms with Gasteiger partial charge in [0, 0.05) is 6.42 Å². The van der Waals surface area contributed by atoms with Crippen molar-refractivity contribution < 1.29 is 27.5 Å². The minimum atomic E-state index is -4.47. The van der Waals surface area contributed by atoms with E-state index in [4.69, 9.17) is 4.74 Å². The molecule has 1 aliphatic heterocycles. The van der Waals surface area contributed by atoms with Gasteiger partial charge in [-0.2, -0.15) is 13.2 Å². The Morgan fingerprint density at radius 3 is 2.61 bits per heavy atom. The van der Waals surface area contributed by atoms with Crippen LogP contribution in [-0.2, 0) is 22.1 Å². The van der Waals surface area contributed by atoms with Crippen LogP contribution in [0.25, 0.3) is 0 Å². The Morgan fingerprint density at radius 1 is 1.39 bits per heavy atom. The number of hydrogen-bond acceptors (Lipinski definition) is 3. The fourth-order valence-corrected chi connectivity index (χ4v) is 1.80. The van der Waals surface area contributed by atoms with Crippen LogP contribution in [0.2, 0.25) is 0 Å². The van der Waals surface area contributed by atoms with Crippen molar-refractivity contribution in [3.05, 3.63) is 34.9 Å². The summed E-state index contributed by atoms with van der Waals surface area (Å²) in [4.78, 5) is 22.6. The van der Waals surface area contributed by atoms with Gasteiger partial charge in [0.15, 0.2) is 11.9 Å². The first-order chi connectivity index (χ1) is 8.29. The molecule has 0 fully saturated rings. The lowest BCUT2D eigenvalue weighted by Crippen LogP contribution is -2.33. The first kappa shape index (κ1) is 12.6. The quantitative estimate of drug-likeness (QED) is 0.726. The van der Waals surface area contributed by atoms with Crippen molar-refractivity contribution in [2.75, 3.05) is 0 Å². The van der Waals surface area contributed by atoms with Gasteiger partial charge in [-0.3, -0.25) is 4.79 Å². The van der Waals surface area contributed by atoms with Gasteiger partial charge in [-0.05, 0) is 30.7 Å². The lowest BCUT2D eigenvalue weighted by molar-refractivity contribution is -0.137. The van der Waals surface area contributed by atoms with Crippen molar-refractivity contribution in [3.8, 4) is 0 Å². The largest absolute Gasteiger partial charge is 0.450 e. The fraction of sp³-hybridized carbons (Fsp3) is 0.333. The molecular formula is C12H9F3O3. The number of esters is 1. The number of cyclic esters (lactones) is 1. The zero-order valence-corrected chi connectivity index (χ0v) is 9.38. The molecule has 2 rings (SSSR count). The van der Waals surface area contributed by atoms with Crippen LogP contribution in [-0.4, -0.2) is 17.9 Å². The Kier molecular flexibility index (Phi) is 2.88. The van der Waals surface area contributed by atoms with Gasteiger partial charge in [0.25, 0.3) is 0 Å². The molecule has 0 bridgehead atoms. The lowest BCUT2D eigenvalue weighted by atomic mass is 9.95. The molecule has 96 valence electrons. The maximum atomic E-state index is 12.5. The average Bonchev–Trinajstić information content (AvgIpc) is 2.26. The van der Waals surface area contributed by atoms with Gasteiger partial charge in [0.2, 0.25) is 0 Å². The van der Waals surface area contributed by atoms with Gasteiger partial charge in [0.05, 0.1) is 11.1 Å². The maximum absolute atomic E-state index is 12.5. The number of benzene rings is 1. The molecule has 1 aromatic carbocycles. The van der Waals surface area contributed by atoms with Gasteiger partial charge in [0.1, 0.15) is 0 Å². The molecule has 1 aromatic rings. The molecule has 0 aromatic heterocycles. The van der Waals surface area contributed by atoms with Crippen LogP contribution in [0.5, 0.6) is 0 Å². The molecule has 18 heavy (non-hydrogen) atoms. The predicted octanol–water partition coefficient (Wildman–Crippen LogP) is 2.38. The molecule has 0 N–H and O–H groups in total. The number of Topliss-reactive ketones (excluding diaryl/α,β-unsaturated/α-hetero) is 1. The molecule has 1 atom stereocenters. The minimum absolute atomic E-state index is 0.0136. The minimum Gasteiger partial charge on any atom is -0.450 e. The van der Waals surface area contributed by atoms with Crippen molar-refractivity contribution in [2.24, 2.45) is 0 Å². The van der Waals surface area contributed by atoms with E-state index in [2.05, 4.69) is 0 Å². The Morgan fingerprint density at radius 2 is 2.06 bits per heavy atom. The standard InChI is InChI=1S/C12H9F3O3/c1-6(16)10-5-7-4-8(12(13,14)15)2-3-9(7)11(17)18-10/h2-4,10H,5H2,1H3. The fourth-order valence-electron chi connectivity index (χ4n) is 1.80. The highest BCUT2D eigenvalue weighted by molar-refractivity contribution is 5.95. The highest BCUT2D eigenvalue weighted by Crippen LogP contribution is 2.32. The summed E-state index contributed by atoms with van der Waals surface area (Å²) in [5, 5.41) is 0. The number of hydrogen-bond donors (Lipinski definition) is 0. The van der Waals surface area contributed by atoms with Gasteiger partial charge in [-0.15, -0.1) is 0 Å². The SMILES string of the molecule is CC(=O)C1Cc2cc(C(F)(F)F)ccc2C(=O)O1. The molecule has 0 spiro atoms. The normalized spacial score (nSPS) is 19.1. The van der Waals surface area contributed by atoms with Crippen molar-refractivity contribution in [3.63, 3.8) is 0 Å². The number of halogens is 3. The van der Waals surface area contributed by atoms with Crippen LogP contribution in [0, 0.1) is 0 Å². The predicted molar refractivity (Wildman–Crippen MR) is 55.0 cm³/mol. The van der Waals surface area contributed by atoms with E-state index in [-0.39, 0.29) is 23.3 Å². The van der Waals surface area contributed by atoms with Crippen LogP contribution < -0.4 is 0 Å². The number of carbonyl (C=O) groups is 2. The molecule has 1 unspecified atom stereocenters. The second kappa shape index (κ2) is 4.12. The van der Waals surface area contributed by atoms with E-state index >= 15 is 0 Å². The smallest absolute Gasteiger partial charge is 0.416 e. The van der Waals surface area contributed by atoms with E-state index in [0.29, 0.717) is 0 Å². The molecule has 0 saturated heterocycles. The molecule has 0 amide bonds. The third kappa shape index (κ3) is 2.23. The maximum Gasteiger partial charge on any atom is 0.416 e. The van der Waals surface area contributed by atoms with Gasteiger partial charge >= 0.3 is 12.1 Å². The topological polar surface area (TPSA) is 43.4 Å². The van der Waals surface area contributed by atoms with Crippen LogP contribution in [0.1, 0.15) is 28.4 Å². The van der Waals surface area contributed by atoms with E-state index in [1.807, 2.05) is 0 Å². The average molecular weight is 258 g/mol. The van der Waals surface area contributed by atoms with E-state index in [1.54, 1.807) is 0 Å². The molecule has 6 heteroatoms. The first-order valence-electron chi connectivity index (χ1n) is 5.20. The highest BCUT2D eigenvalue weighted by atomic mass is 19.4. The first-order valence-corrected chi connectivity index (χ1v) is 5.20. The van der Waals surface area contributed by atoms with E-state index < -0.39 is 23.8 Å². The Balaban J connectivity index is 2.43. The molecule has 0 saturated carbocycles. The number of rotatable bonds is 1. The molecular weight excluding hydrogens is 249 g/mol. The third-order valence-corrected chi connectivity index (χ3v) is 2.76. The van der Waals surface area contributed by atoms with Gasteiger partial charge in [-0.25, -0.2) is 4.79 Å². The second-order valence-electron chi connectivity index (χ2n) is 4.08. The number of ketones is 1. The summed E-state index contributed by atoms with van der Waals surface area (Å²) in [6.07, 6.45) is -5.48. The van der Waals surface area contributed by atoms with E-state index in [1.165, 1.54) is 6.92 Å². The van der Waals surface area contributed by atoms with Gasteiger partial charge < -0.3 is 4.74 Å². The van der Waals surface area contributed by atoms with Crippen molar-refractivity contribution in [2.45, 2.75) is 25.6 Å². The summed E-state index contributed by atoms with van der Waals surface area (Å²) in [6, 6.07) is 2.80. The second-order valence-corrected chi connectivity index (χ2v) is 4.08. The summed E-state index contributed by atoms with van der Waals surface area (Å²) in [6.45, 7) is 1.23. The van der Waals surface area contributed by atoms with Gasteiger partial charge in [-0.1, -0.05) is 0 Å². The van der Waals surface area contributed by atoms with E-state index in [9.17, 15) is 22.8 Å². The molecule has 1 aliphatic rings. The zero-order chi connectivity index (χ0) is 13.5. The molecule has 0 aliphatic carbocycles. The highest BCUT2D eigenvalue weighted by Gasteiger charge is 2.34. The van der Waals surface area contributed by atoms with Crippen molar-refractivity contribution in [1.29, 1.82) is 0 Å². The summed E-state index contributed by atoms with van der Waals surface area (Å²) < 4.78 is 42.4. The number of ether oxygens (including phenoxy) is 1. The Labute approximate surface area is 101 Å². The number of fused-ring (bicyclic) bond motifs is 1. The van der Waals surface area contributed by atoms with Crippen LogP contribution >= 0.6 is 0 Å². The Hall–Kier alpha value is -1.85. The molecule has 0 radical (unpaired) electrons. The summed E-state index contributed by atoms with van der Waals surface area (Å²) in [5.41, 5.74) is -0.556. The van der Waals surface area contributed by atoms with E-state index in [0.717, 1.165) is 18.2 Å². The Bertz CT molecular complexity index is 520.